The molecular formula is C19H20FN3O4. The highest BCUT2D eigenvalue weighted by molar-refractivity contribution is 6.06. The number of likely N-dealkylation sites (tertiary alicyclic amines) is 1. The van der Waals surface area contributed by atoms with Crippen LogP contribution in [0, 0.1) is 34.4 Å². The van der Waals surface area contributed by atoms with Gasteiger partial charge in [-0.2, -0.15) is 5.26 Å². The number of carbonyl (C=O) groups excluding carboxylic acids is 3. The summed E-state index contributed by atoms with van der Waals surface area (Å²) in [6.45, 7) is 1.51. The minimum absolute atomic E-state index is 0.0915. The van der Waals surface area contributed by atoms with Crippen LogP contribution in [0.25, 0.3) is 0 Å². The molecule has 27 heavy (non-hydrogen) atoms. The number of ketones is 1. The summed E-state index contributed by atoms with van der Waals surface area (Å²) < 4.78 is 17.9. The number of nitrogens with one attached hydrogen (secondary N) is 1. The highest BCUT2D eigenvalue weighted by Crippen LogP contribution is 2.20. The highest BCUT2D eigenvalue weighted by Gasteiger charge is 2.30. The van der Waals surface area contributed by atoms with Crippen molar-refractivity contribution in [2.45, 2.75) is 19.8 Å². The first-order chi connectivity index (χ1) is 12.8. The van der Waals surface area contributed by atoms with Crippen molar-refractivity contribution < 1.29 is 23.5 Å². The lowest BCUT2D eigenvalue weighted by atomic mass is 9.96. The minimum Gasteiger partial charge on any atom is -0.457 e. The molecule has 0 bridgehead atoms. The summed E-state index contributed by atoms with van der Waals surface area (Å²) in [7, 11) is 0. The number of piperidine rings is 1. The van der Waals surface area contributed by atoms with Gasteiger partial charge in [-0.15, -0.1) is 0 Å². The number of nitriles is 1. The van der Waals surface area contributed by atoms with Crippen LogP contribution in [0.4, 0.5) is 4.39 Å². The number of hydrogen-bond acceptors (Lipinski definition) is 6. The monoisotopic (exact) mass is 373 g/mol. The van der Waals surface area contributed by atoms with Gasteiger partial charge in [-0.25, -0.2) is 4.39 Å². The van der Waals surface area contributed by atoms with E-state index in [1.807, 2.05) is 0 Å². The summed E-state index contributed by atoms with van der Waals surface area (Å²) in [6, 6.07) is 6.99. The van der Waals surface area contributed by atoms with E-state index in [4.69, 9.17) is 15.4 Å². The Balaban J connectivity index is 1.82. The summed E-state index contributed by atoms with van der Waals surface area (Å²) in [6.07, 6.45) is 0.788. The van der Waals surface area contributed by atoms with Gasteiger partial charge in [-0.1, -0.05) is 0 Å². The maximum atomic E-state index is 12.9. The summed E-state index contributed by atoms with van der Waals surface area (Å²) in [5.41, 5.74) is 0.291. The van der Waals surface area contributed by atoms with E-state index in [9.17, 15) is 18.8 Å². The quantitative estimate of drug-likeness (QED) is 0.605. The molecule has 0 aromatic heterocycles. The van der Waals surface area contributed by atoms with E-state index in [1.54, 1.807) is 11.0 Å². The fourth-order valence-electron chi connectivity index (χ4n) is 2.85. The molecule has 1 aliphatic rings. The molecule has 1 aromatic rings. The van der Waals surface area contributed by atoms with Crippen LogP contribution >= 0.6 is 0 Å². The van der Waals surface area contributed by atoms with Crippen molar-refractivity contribution in [3.8, 4) is 6.07 Å². The maximum Gasteiger partial charge on any atom is 0.309 e. The lowest BCUT2D eigenvalue weighted by molar-refractivity contribution is -0.153. The molecule has 142 valence electrons. The first kappa shape index (κ1) is 20.2. The average Bonchev–Trinajstić information content (AvgIpc) is 2.66. The van der Waals surface area contributed by atoms with Crippen LogP contribution in [-0.4, -0.2) is 48.0 Å². The van der Waals surface area contributed by atoms with Gasteiger partial charge >= 0.3 is 5.97 Å². The van der Waals surface area contributed by atoms with Crippen LogP contribution in [0.5, 0.6) is 0 Å². The second-order valence-electron chi connectivity index (χ2n) is 6.39. The van der Waals surface area contributed by atoms with Gasteiger partial charge in [0.25, 0.3) is 5.91 Å². The second kappa shape index (κ2) is 9.03. The van der Waals surface area contributed by atoms with Crippen LogP contribution in [0.3, 0.4) is 0 Å². The van der Waals surface area contributed by atoms with E-state index < -0.39 is 36.0 Å². The van der Waals surface area contributed by atoms with E-state index in [1.165, 1.54) is 31.2 Å². The fraction of sp³-hybridized carbons (Fsp3) is 0.421. The molecule has 0 radical (unpaired) electrons. The molecule has 1 heterocycles. The van der Waals surface area contributed by atoms with Gasteiger partial charge in [0.15, 0.2) is 12.4 Å². The van der Waals surface area contributed by atoms with Gasteiger partial charge in [-0.05, 0) is 44.0 Å². The third-order valence-corrected chi connectivity index (χ3v) is 4.45. The third kappa shape index (κ3) is 5.20. The molecule has 8 heteroatoms. The molecular weight excluding hydrogens is 353 g/mol. The van der Waals surface area contributed by atoms with Crippen molar-refractivity contribution in [1.29, 1.82) is 10.7 Å². The van der Waals surface area contributed by atoms with E-state index in [0.29, 0.717) is 31.5 Å². The number of nitrogens with zero attached hydrogens (tertiary/aromatic N) is 2. The van der Waals surface area contributed by atoms with Crippen molar-refractivity contribution in [2.75, 3.05) is 19.7 Å². The Bertz CT molecular complexity index is 777. The Morgan fingerprint density at radius 1 is 1.30 bits per heavy atom. The number of benzene rings is 1. The Kier molecular flexibility index (Phi) is 6.77. The fourth-order valence-corrected chi connectivity index (χ4v) is 2.85. The van der Waals surface area contributed by atoms with Gasteiger partial charge in [-0.3, -0.25) is 14.4 Å². The van der Waals surface area contributed by atoms with Crippen LogP contribution in [-0.2, 0) is 14.3 Å². The first-order valence-electron chi connectivity index (χ1n) is 8.52. The molecule has 1 fully saturated rings. The molecule has 1 N–H and O–H groups in total. The molecule has 1 aromatic carbocycles. The number of carbonyl (C=O) groups is 3. The number of amides is 1. The standard InChI is InChI=1S/C19H20FN3O4/c1-12(22)16(10-21)17(24)11-27-19(26)14-6-8-23(9-7-14)18(25)13-2-4-15(20)5-3-13/h2-5,14,16,22H,6-9,11H2,1H3. The average molecular weight is 373 g/mol. The van der Waals surface area contributed by atoms with E-state index in [0.717, 1.165) is 0 Å². The Morgan fingerprint density at radius 2 is 1.89 bits per heavy atom. The Morgan fingerprint density at radius 3 is 2.41 bits per heavy atom. The van der Waals surface area contributed by atoms with Gasteiger partial charge in [0, 0.05) is 24.4 Å². The van der Waals surface area contributed by atoms with E-state index >= 15 is 0 Å². The normalized spacial score (nSPS) is 15.5. The van der Waals surface area contributed by atoms with Crippen molar-refractivity contribution in [3.05, 3.63) is 35.6 Å². The molecule has 0 saturated carbocycles. The van der Waals surface area contributed by atoms with E-state index in [-0.39, 0.29) is 11.6 Å². The summed E-state index contributed by atoms with van der Waals surface area (Å²) >= 11 is 0. The van der Waals surface area contributed by atoms with Gasteiger partial charge in [0.05, 0.1) is 12.0 Å². The van der Waals surface area contributed by atoms with Gasteiger partial charge in [0.2, 0.25) is 0 Å². The number of hydrogen-bond donors (Lipinski definition) is 1. The molecule has 1 atom stereocenters. The number of halogens is 1. The smallest absolute Gasteiger partial charge is 0.309 e. The lowest BCUT2D eigenvalue weighted by Crippen LogP contribution is -2.41. The summed E-state index contributed by atoms with van der Waals surface area (Å²) in [4.78, 5) is 37.9. The maximum absolute atomic E-state index is 12.9. The summed E-state index contributed by atoms with van der Waals surface area (Å²) in [5, 5.41) is 16.2. The van der Waals surface area contributed by atoms with Gasteiger partial charge < -0.3 is 15.0 Å². The van der Waals surface area contributed by atoms with Gasteiger partial charge in [0.1, 0.15) is 11.7 Å². The highest BCUT2D eigenvalue weighted by atomic mass is 19.1. The van der Waals surface area contributed by atoms with Crippen LogP contribution in [0.2, 0.25) is 0 Å². The molecule has 7 nitrogen and oxygen atoms in total. The van der Waals surface area contributed by atoms with Crippen molar-refractivity contribution in [2.24, 2.45) is 11.8 Å². The topological polar surface area (TPSA) is 111 Å². The zero-order chi connectivity index (χ0) is 20.0. The lowest BCUT2D eigenvalue weighted by Gasteiger charge is -2.31. The zero-order valence-electron chi connectivity index (χ0n) is 14.9. The zero-order valence-corrected chi connectivity index (χ0v) is 14.9. The molecule has 1 aliphatic heterocycles. The molecule has 1 amide bonds. The predicted molar refractivity (Wildman–Crippen MR) is 93.5 cm³/mol. The second-order valence-corrected chi connectivity index (χ2v) is 6.39. The third-order valence-electron chi connectivity index (χ3n) is 4.45. The SMILES string of the molecule is CC(=N)C(C#N)C(=O)COC(=O)C1CCN(C(=O)c2ccc(F)cc2)CC1. The van der Waals surface area contributed by atoms with E-state index in [2.05, 4.69) is 0 Å². The Labute approximate surface area is 156 Å². The number of rotatable bonds is 6. The largest absolute Gasteiger partial charge is 0.457 e. The van der Waals surface area contributed by atoms with Crippen molar-refractivity contribution >= 4 is 23.4 Å². The number of Topliss-reactive ketones (excluding diaryl/α,β-unsaturated/α-hetero) is 1. The van der Waals surface area contributed by atoms with Crippen molar-refractivity contribution in [1.82, 2.24) is 4.90 Å². The molecule has 1 unspecified atom stereocenters. The predicted octanol–water partition coefficient (Wildman–Crippen LogP) is 1.97. The summed E-state index contributed by atoms with van der Waals surface area (Å²) in [5.74, 6) is -3.45. The minimum atomic E-state index is -1.20. The molecule has 0 aliphatic carbocycles. The van der Waals surface area contributed by atoms with Crippen LogP contribution in [0.1, 0.15) is 30.1 Å². The number of esters is 1. The molecule has 1 saturated heterocycles. The van der Waals surface area contributed by atoms with Crippen molar-refractivity contribution in [3.63, 3.8) is 0 Å². The first-order valence-corrected chi connectivity index (χ1v) is 8.52. The van der Waals surface area contributed by atoms with Crippen LogP contribution < -0.4 is 0 Å². The molecule has 2 rings (SSSR count). The molecule has 0 spiro atoms. The Hall–Kier alpha value is -3.08. The van der Waals surface area contributed by atoms with Crippen LogP contribution in [0.15, 0.2) is 24.3 Å². The number of ether oxygens (including phenoxy) is 1.